The van der Waals surface area contributed by atoms with Crippen LogP contribution in [-0.2, 0) is 11.8 Å². The second-order valence-electron chi connectivity index (χ2n) is 8.37. The first-order chi connectivity index (χ1) is 16.4. The summed E-state index contributed by atoms with van der Waals surface area (Å²) in [6.07, 6.45) is -4.54. The third-order valence-electron chi connectivity index (χ3n) is 5.30. The van der Waals surface area contributed by atoms with Crippen LogP contribution in [0, 0.1) is 0 Å². The van der Waals surface area contributed by atoms with E-state index in [-0.39, 0.29) is 22.8 Å². The maximum absolute atomic E-state index is 13.8. The zero-order chi connectivity index (χ0) is 25.4. The number of hydrogen-bond acceptors (Lipinski definition) is 4. The lowest BCUT2D eigenvalue weighted by Crippen LogP contribution is -2.15. The normalized spacial score (nSPS) is 11.9. The van der Waals surface area contributed by atoms with Crippen molar-refractivity contribution in [3.05, 3.63) is 90.3 Å². The van der Waals surface area contributed by atoms with Crippen LogP contribution in [0.3, 0.4) is 0 Å². The van der Waals surface area contributed by atoms with Gasteiger partial charge in [-0.25, -0.2) is 9.78 Å². The molecule has 3 aromatic carbocycles. The highest BCUT2D eigenvalue weighted by molar-refractivity contribution is 5.71. The second kappa shape index (κ2) is 8.92. The van der Waals surface area contributed by atoms with Gasteiger partial charge in [-0.15, -0.1) is 0 Å². The molecule has 0 spiro atoms. The number of aromatic nitrogens is 2. The molecular formula is C26H21F3N2O4. The van der Waals surface area contributed by atoms with E-state index >= 15 is 0 Å². The van der Waals surface area contributed by atoms with E-state index in [1.54, 1.807) is 42.5 Å². The van der Waals surface area contributed by atoms with Crippen molar-refractivity contribution in [1.29, 1.82) is 0 Å². The minimum Gasteiger partial charge on any atom is -0.449 e. The summed E-state index contributed by atoms with van der Waals surface area (Å²) in [5, 5.41) is 19.4. The molecule has 4 rings (SSSR count). The molecule has 2 N–H and O–H groups in total. The molecule has 180 valence electrons. The number of ether oxygens (including phenoxy) is 1. The van der Waals surface area contributed by atoms with Crippen LogP contribution >= 0.6 is 0 Å². The lowest BCUT2D eigenvalue weighted by atomic mass is 10.0. The molecule has 0 amide bonds. The zero-order valence-electron chi connectivity index (χ0n) is 18.7. The van der Waals surface area contributed by atoms with Crippen LogP contribution < -0.4 is 4.74 Å². The second-order valence-corrected chi connectivity index (χ2v) is 8.37. The fourth-order valence-electron chi connectivity index (χ4n) is 3.66. The Hall–Kier alpha value is -4.11. The standard InChI is InChI=1S/C26H21F3N2O4/c1-25(2,34)22-15-31(23(30-22)20-11-3-4-12-21(20)26(27,28)29)18-9-5-7-16(13-18)17-8-6-10-19(14-17)35-24(32)33/h3-15,34H,1-2H3,(H,32,33). The summed E-state index contributed by atoms with van der Waals surface area (Å²) in [7, 11) is 0. The Morgan fingerprint density at radius 1 is 0.943 bits per heavy atom. The van der Waals surface area contributed by atoms with Gasteiger partial charge in [0.15, 0.2) is 0 Å². The topological polar surface area (TPSA) is 84.6 Å². The maximum Gasteiger partial charge on any atom is 0.511 e. The summed E-state index contributed by atoms with van der Waals surface area (Å²) >= 11 is 0. The Morgan fingerprint density at radius 2 is 1.60 bits per heavy atom. The number of aliphatic hydroxyl groups is 1. The quantitative estimate of drug-likeness (QED) is 0.250. The van der Waals surface area contributed by atoms with Crippen molar-refractivity contribution >= 4 is 6.16 Å². The largest absolute Gasteiger partial charge is 0.511 e. The van der Waals surface area contributed by atoms with E-state index in [0.717, 1.165) is 6.07 Å². The van der Waals surface area contributed by atoms with Gasteiger partial charge in [-0.2, -0.15) is 13.2 Å². The summed E-state index contributed by atoms with van der Waals surface area (Å²) in [6.45, 7) is 3.01. The maximum atomic E-state index is 13.8. The summed E-state index contributed by atoms with van der Waals surface area (Å²) < 4.78 is 47.6. The van der Waals surface area contributed by atoms with Gasteiger partial charge in [0.05, 0.1) is 11.3 Å². The Morgan fingerprint density at radius 3 is 2.26 bits per heavy atom. The van der Waals surface area contributed by atoms with Gasteiger partial charge in [-0.05, 0) is 55.3 Å². The van der Waals surface area contributed by atoms with Crippen LogP contribution in [0.1, 0.15) is 25.1 Å². The molecule has 1 heterocycles. The molecule has 6 nitrogen and oxygen atoms in total. The number of alkyl halides is 3. The van der Waals surface area contributed by atoms with E-state index in [1.807, 2.05) is 0 Å². The van der Waals surface area contributed by atoms with Crippen LogP contribution in [0.4, 0.5) is 18.0 Å². The predicted octanol–water partition coefficient (Wildman–Crippen LogP) is 6.51. The highest BCUT2D eigenvalue weighted by Crippen LogP contribution is 2.38. The summed E-state index contributed by atoms with van der Waals surface area (Å²) in [5.74, 6) is 0.155. The van der Waals surface area contributed by atoms with E-state index in [2.05, 4.69) is 4.98 Å². The van der Waals surface area contributed by atoms with Crippen LogP contribution in [0.2, 0.25) is 0 Å². The predicted molar refractivity (Wildman–Crippen MR) is 123 cm³/mol. The SMILES string of the molecule is CC(C)(O)c1cn(-c2cccc(-c3cccc(OC(=O)O)c3)c2)c(-c2ccccc2C(F)(F)F)n1. The van der Waals surface area contributed by atoms with E-state index in [0.29, 0.717) is 16.8 Å². The number of carboxylic acid groups (broad SMARTS) is 1. The smallest absolute Gasteiger partial charge is 0.449 e. The van der Waals surface area contributed by atoms with Gasteiger partial charge in [-0.3, -0.25) is 4.57 Å². The van der Waals surface area contributed by atoms with Crippen LogP contribution in [0.25, 0.3) is 28.2 Å². The van der Waals surface area contributed by atoms with Crippen molar-refractivity contribution in [2.75, 3.05) is 0 Å². The highest BCUT2D eigenvalue weighted by atomic mass is 19.4. The third-order valence-corrected chi connectivity index (χ3v) is 5.30. The molecule has 0 aliphatic carbocycles. The molecule has 9 heteroatoms. The van der Waals surface area contributed by atoms with Crippen LogP contribution in [0.15, 0.2) is 79.0 Å². The number of carbonyl (C=O) groups is 1. The van der Waals surface area contributed by atoms with E-state index in [1.165, 1.54) is 48.9 Å². The molecule has 0 atom stereocenters. The molecule has 0 saturated carbocycles. The number of nitrogens with zero attached hydrogens (tertiary/aromatic N) is 2. The fourth-order valence-corrected chi connectivity index (χ4v) is 3.66. The molecule has 0 aliphatic heterocycles. The first-order valence-corrected chi connectivity index (χ1v) is 10.5. The Labute approximate surface area is 198 Å². The van der Waals surface area contributed by atoms with E-state index in [9.17, 15) is 23.1 Å². The Kier molecular flexibility index (Phi) is 6.12. The molecule has 0 bridgehead atoms. The molecule has 0 aliphatic rings. The molecule has 0 saturated heterocycles. The van der Waals surface area contributed by atoms with Gasteiger partial charge >= 0.3 is 12.3 Å². The van der Waals surface area contributed by atoms with Crippen molar-refractivity contribution in [3.8, 4) is 34.0 Å². The first-order valence-electron chi connectivity index (χ1n) is 10.5. The van der Waals surface area contributed by atoms with Gasteiger partial charge in [0.2, 0.25) is 0 Å². The van der Waals surface area contributed by atoms with Crippen molar-refractivity contribution in [2.24, 2.45) is 0 Å². The van der Waals surface area contributed by atoms with Gasteiger partial charge in [0.25, 0.3) is 0 Å². The minimum atomic E-state index is -4.60. The molecule has 0 fully saturated rings. The minimum absolute atomic E-state index is 0.0233. The lowest BCUT2D eigenvalue weighted by molar-refractivity contribution is -0.137. The molecule has 0 unspecified atom stereocenters. The Balaban J connectivity index is 1.88. The van der Waals surface area contributed by atoms with Gasteiger partial charge in [0.1, 0.15) is 17.2 Å². The first kappa shape index (κ1) is 24.0. The summed E-state index contributed by atoms with van der Waals surface area (Å²) in [5.41, 5.74) is -0.347. The van der Waals surface area contributed by atoms with Crippen LogP contribution in [0.5, 0.6) is 5.75 Å². The monoisotopic (exact) mass is 482 g/mol. The molecule has 1 aromatic heterocycles. The zero-order valence-corrected chi connectivity index (χ0v) is 18.7. The third kappa shape index (κ3) is 5.20. The van der Waals surface area contributed by atoms with Crippen molar-refractivity contribution in [1.82, 2.24) is 9.55 Å². The van der Waals surface area contributed by atoms with Crippen molar-refractivity contribution in [3.63, 3.8) is 0 Å². The average molecular weight is 482 g/mol. The number of halogens is 3. The van der Waals surface area contributed by atoms with Gasteiger partial charge in [-0.1, -0.05) is 42.5 Å². The molecule has 35 heavy (non-hydrogen) atoms. The van der Waals surface area contributed by atoms with Crippen molar-refractivity contribution in [2.45, 2.75) is 25.6 Å². The van der Waals surface area contributed by atoms with Gasteiger partial charge in [0, 0.05) is 17.4 Å². The van der Waals surface area contributed by atoms with E-state index in [4.69, 9.17) is 9.84 Å². The van der Waals surface area contributed by atoms with Gasteiger partial charge < -0.3 is 14.9 Å². The van der Waals surface area contributed by atoms with E-state index < -0.39 is 23.5 Å². The molecule has 4 aromatic rings. The highest BCUT2D eigenvalue weighted by Gasteiger charge is 2.35. The number of rotatable bonds is 5. The number of hydrogen-bond donors (Lipinski definition) is 2. The van der Waals surface area contributed by atoms with Crippen molar-refractivity contribution < 1.29 is 32.9 Å². The lowest BCUT2D eigenvalue weighted by Gasteiger charge is -2.15. The summed E-state index contributed by atoms with van der Waals surface area (Å²) in [6, 6.07) is 18.5. The van der Waals surface area contributed by atoms with Crippen LogP contribution in [-0.4, -0.2) is 25.9 Å². The fraction of sp³-hybridized carbons (Fsp3) is 0.154. The number of benzene rings is 3. The average Bonchev–Trinajstić information content (AvgIpc) is 3.24. The Bertz CT molecular complexity index is 1390. The number of imidazole rings is 1. The molecular weight excluding hydrogens is 461 g/mol. The summed E-state index contributed by atoms with van der Waals surface area (Å²) in [4.78, 5) is 15.3. The molecule has 0 radical (unpaired) electrons.